The molecule has 0 atom stereocenters. The summed E-state index contributed by atoms with van der Waals surface area (Å²) >= 11 is 1.25. The van der Waals surface area contributed by atoms with E-state index in [1.807, 2.05) is 6.92 Å². The third-order valence-electron chi connectivity index (χ3n) is 3.62. The zero-order valence-electron chi connectivity index (χ0n) is 12.2. The fraction of sp³-hybridized carbons (Fsp3) is 0.267. The second kappa shape index (κ2) is 5.40. The van der Waals surface area contributed by atoms with Crippen LogP contribution < -0.4 is 4.31 Å². The van der Waals surface area contributed by atoms with Crippen molar-refractivity contribution < 1.29 is 17.9 Å². The maximum atomic E-state index is 12.8. The van der Waals surface area contributed by atoms with E-state index < -0.39 is 16.0 Å². The Labute approximate surface area is 133 Å². The number of sulfonamides is 1. The summed E-state index contributed by atoms with van der Waals surface area (Å²) in [5, 5.41) is 0. The summed E-state index contributed by atoms with van der Waals surface area (Å²) < 4.78 is 32.0. The summed E-state index contributed by atoms with van der Waals surface area (Å²) in [6.45, 7) is 2.26. The number of hydrogen-bond donors (Lipinski definition) is 0. The van der Waals surface area contributed by atoms with Crippen molar-refractivity contribution in [1.29, 1.82) is 0 Å². The summed E-state index contributed by atoms with van der Waals surface area (Å²) in [7, 11) is -2.28. The molecule has 1 aliphatic rings. The number of benzene rings is 1. The molecule has 0 aliphatic carbocycles. The summed E-state index contributed by atoms with van der Waals surface area (Å²) in [6, 6.07) is 8.45. The molecule has 3 rings (SSSR count). The molecular weight excluding hydrogens is 322 g/mol. The molecule has 5 nitrogen and oxygen atoms in total. The van der Waals surface area contributed by atoms with Crippen LogP contribution in [0.25, 0.3) is 0 Å². The van der Waals surface area contributed by atoms with Gasteiger partial charge >= 0.3 is 5.97 Å². The van der Waals surface area contributed by atoms with Gasteiger partial charge in [0.1, 0.15) is 4.21 Å². The summed E-state index contributed by atoms with van der Waals surface area (Å²) in [5.41, 5.74) is 1.84. The third-order valence-corrected chi connectivity index (χ3v) is 6.90. The van der Waals surface area contributed by atoms with Gasteiger partial charge in [-0.2, -0.15) is 0 Å². The molecule has 1 aromatic carbocycles. The van der Waals surface area contributed by atoms with E-state index in [0.717, 1.165) is 10.4 Å². The number of thiophene rings is 1. The van der Waals surface area contributed by atoms with Crippen molar-refractivity contribution in [3.05, 3.63) is 46.3 Å². The number of aryl methyl sites for hydroxylation is 1. The third kappa shape index (κ3) is 2.40. The molecule has 0 saturated carbocycles. The van der Waals surface area contributed by atoms with Crippen molar-refractivity contribution in [1.82, 2.24) is 0 Å². The van der Waals surface area contributed by atoms with E-state index in [2.05, 4.69) is 0 Å². The minimum absolute atomic E-state index is 0.321. The molecule has 0 unspecified atom stereocenters. The Morgan fingerprint density at radius 3 is 2.68 bits per heavy atom. The van der Waals surface area contributed by atoms with E-state index in [1.165, 1.54) is 22.8 Å². The van der Waals surface area contributed by atoms with Crippen LogP contribution in [0.15, 0.2) is 34.5 Å². The first kappa shape index (κ1) is 15.1. The van der Waals surface area contributed by atoms with E-state index in [9.17, 15) is 13.2 Å². The first-order chi connectivity index (χ1) is 10.4. The predicted molar refractivity (Wildman–Crippen MR) is 85.1 cm³/mol. The number of methoxy groups -OCH3 is 1. The number of rotatable bonds is 3. The second-order valence-corrected chi connectivity index (χ2v) is 8.40. The fourth-order valence-corrected chi connectivity index (χ4v) is 5.40. The minimum atomic E-state index is -3.58. The smallest absolute Gasteiger partial charge is 0.337 e. The van der Waals surface area contributed by atoms with Crippen LogP contribution in [0.1, 0.15) is 20.8 Å². The maximum Gasteiger partial charge on any atom is 0.337 e. The van der Waals surface area contributed by atoms with Gasteiger partial charge in [-0.1, -0.05) is 6.07 Å². The van der Waals surface area contributed by atoms with E-state index in [4.69, 9.17) is 4.74 Å². The Morgan fingerprint density at radius 2 is 2.05 bits per heavy atom. The highest BCUT2D eigenvalue weighted by Gasteiger charge is 2.32. The van der Waals surface area contributed by atoms with Crippen LogP contribution in [0, 0.1) is 6.92 Å². The predicted octanol–water partition coefficient (Wildman–Crippen LogP) is 2.59. The summed E-state index contributed by atoms with van der Waals surface area (Å²) in [6.07, 6.45) is 0.639. The quantitative estimate of drug-likeness (QED) is 0.808. The van der Waals surface area contributed by atoms with Crippen molar-refractivity contribution in [3.63, 3.8) is 0 Å². The number of carbonyl (C=O) groups excluding carboxylic acids is 1. The molecule has 0 saturated heterocycles. The molecule has 0 fully saturated rings. The summed E-state index contributed by atoms with van der Waals surface area (Å²) in [5.74, 6) is -0.473. The first-order valence-corrected chi connectivity index (χ1v) is 8.99. The number of fused-ring (bicyclic) bond motifs is 1. The highest BCUT2D eigenvalue weighted by atomic mass is 32.2. The van der Waals surface area contributed by atoms with Gasteiger partial charge < -0.3 is 4.74 Å². The van der Waals surface area contributed by atoms with Gasteiger partial charge in [0.2, 0.25) is 0 Å². The molecule has 116 valence electrons. The van der Waals surface area contributed by atoms with Crippen molar-refractivity contribution in [3.8, 4) is 0 Å². The molecule has 1 aromatic heterocycles. The molecule has 7 heteroatoms. The molecule has 0 amide bonds. The van der Waals surface area contributed by atoms with Crippen LogP contribution in [-0.4, -0.2) is 28.0 Å². The van der Waals surface area contributed by atoms with Gasteiger partial charge in [0, 0.05) is 11.4 Å². The Morgan fingerprint density at radius 1 is 1.27 bits per heavy atom. The number of carbonyl (C=O) groups is 1. The van der Waals surface area contributed by atoms with Gasteiger partial charge in [-0.05, 0) is 43.2 Å². The van der Waals surface area contributed by atoms with Gasteiger partial charge in [-0.3, -0.25) is 4.31 Å². The Bertz CT molecular complexity index is 839. The second-order valence-electron chi connectivity index (χ2n) is 5.03. The average Bonchev–Trinajstić information content (AvgIpc) is 3.12. The molecule has 0 bridgehead atoms. The zero-order valence-corrected chi connectivity index (χ0v) is 13.8. The number of ether oxygens (including phenoxy) is 1. The van der Waals surface area contributed by atoms with Crippen LogP contribution in [0.4, 0.5) is 5.69 Å². The van der Waals surface area contributed by atoms with E-state index >= 15 is 0 Å². The fourth-order valence-electron chi connectivity index (χ4n) is 2.50. The van der Waals surface area contributed by atoms with E-state index in [-0.39, 0.29) is 0 Å². The van der Waals surface area contributed by atoms with Crippen molar-refractivity contribution >= 4 is 33.0 Å². The molecule has 0 spiro atoms. The standard InChI is InChI=1S/C15H15NO4S2/c1-10-3-6-14(21-10)22(18,19)16-8-7-11-4-5-12(9-13(11)16)15(17)20-2/h3-6,9H,7-8H2,1-2H3. The number of nitrogens with zero attached hydrogens (tertiary/aromatic N) is 1. The van der Waals surface area contributed by atoms with Gasteiger partial charge in [0.05, 0.1) is 18.4 Å². The number of anilines is 1. The highest BCUT2D eigenvalue weighted by molar-refractivity contribution is 7.94. The highest BCUT2D eigenvalue weighted by Crippen LogP contribution is 2.35. The van der Waals surface area contributed by atoms with Gasteiger partial charge in [0.15, 0.2) is 0 Å². The lowest BCUT2D eigenvalue weighted by Gasteiger charge is -2.18. The lowest BCUT2D eigenvalue weighted by atomic mass is 10.1. The van der Waals surface area contributed by atoms with E-state index in [1.54, 1.807) is 30.3 Å². The molecular formula is C15H15NO4S2. The van der Waals surface area contributed by atoms with Gasteiger partial charge in [-0.15, -0.1) is 11.3 Å². The molecule has 0 N–H and O–H groups in total. The van der Waals surface area contributed by atoms with Crippen molar-refractivity contribution in [2.45, 2.75) is 17.6 Å². The maximum absolute atomic E-state index is 12.8. The van der Waals surface area contributed by atoms with E-state index in [0.29, 0.717) is 28.4 Å². The van der Waals surface area contributed by atoms with Crippen LogP contribution in [0.5, 0.6) is 0 Å². The average molecular weight is 337 g/mol. The largest absolute Gasteiger partial charge is 0.465 e. The Hall–Kier alpha value is -1.86. The molecule has 22 heavy (non-hydrogen) atoms. The first-order valence-electron chi connectivity index (χ1n) is 6.74. The number of esters is 1. The topological polar surface area (TPSA) is 63.7 Å². The molecule has 0 radical (unpaired) electrons. The summed E-state index contributed by atoms with van der Waals surface area (Å²) in [4.78, 5) is 12.6. The van der Waals surface area contributed by atoms with Crippen LogP contribution >= 0.6 is 11.3 Å². The minimum Gasteiger partial charge on any atom is -0.465 e. The van der Waals surface area contributed by atoms with Crippen molar-refractivity contribution in [2.24, 2.45) is 0 Å². The van der Waals surface area contributed by atoms with Crippen LogP contribution in [0.2, 0.25) is 0 Å². The lowest BCUT2D eigenvalue weighted by molar-refractivity contribution is 0.0601. The Kier molecular flexibility index (Phi) is 3.70. The monoisotopic (exact) mass is 337 g/mol. The Balaban J connectivity index is 2.05. The normalized spacial score (nSPS) is 14.0. The molecule has 2 aromatic rings. The number of hydrogen-bond acceptors (Lipinski definition) is 5. The lowest BCUT2D eigenvalue weighted by Crippen LogP contribution is -2.28. The van der Waals surface area contributed by atoms with Gasteiger partial charge in [-0.25, -0.2) is 13.2 Å². The van der Waals surface area contributed by atoms with Gasteiger partial charge in [0.25, 0.3) is 10.0 Å². The zero-order chi connectivity index (χ0) is 15.9. The molecule has 2 heterocycles. The SMILES string of the molecule is COC(=O)c1ccc2c(c1)N(S(=O)(=O)c1ccc(C)s1)CC2. The van der Waals surface area contributed by atoms with Crippen LogP contribution in [-0.2, 0) is 21.2 Å². The molecule has 1 aliphatic heterocycles. The van der Waals surface area contributed by atoms with Crippen molar-refractivity contribution in [2.75, 3.05) is 18.0 Å². The van der Waals surface area contributed by atoms with Crippen LogP contribution in [0.3, 0.4) is 0 Å².